The molecule has 1 heterocycles. The van der Waals surface area contributed by atoms with Gasteiger partial charge in [0.25, 0.3) is 0 Å². The fourth-order valence-electron chi connectivity index (χ4n) is 2.83. The average Bonchev–Trinajstić information content (AvgIpc) is 3.08. The highest BCUT2D eigenvalue weighted by Crippen LogP contribution is 2.20. The molecule has 28 heavy (non-hydrogen) atoms. The first-order valence-electron chi connectivity index (χ1n) is 9.50. The van der Waals surface area contributed by atoms with E-state index in [1.54, 1.807) is 0 Å². The Bertz CT molecular complexity index is 883. The molecule has 0 saturated carbocycles. The number of rotatable bonds is 10. The second kappa shape index (κ2) is 8.89. The van der Waals surface area contributed by atoms with Gasteiger partial charge < -0.3 is 19.6 Å². The molecule has 0 spiro atoms. The SMILES string of the molecule is CC(C)(Oc1ccc(CCCNCCc2nc3ccccc3o2)cc1)C(=O)O. The number of carbonyl (C=O) groups is 1. The molecule has 1 aromatic heterocycles. The second-order valence-electron chi connectivity index (χ2n) is 7.24. The van der Waals surface area contributed by atoms with Crippen molar-refractivity contribution in [3.63, 3.8) is 0 Å². The lowest BCUT2D eigenvalue weighted by molar-refractivity contribution is -0.152. The summed E-state index contributed by atoms with van der Waals surface area (Å²) < 4.78 is 11.2. The summed E-state index contributed by atoms with van der Waals surface area (Å²) in [5.74, 6) is 0.335. The van der Waals surface area contributed by atoms with Gasteiger partial charge in [0.2, 0.25) is 0 Å². The molecule has 0 amide bonds. The topological polar surface area (TPSA) is 84.6 Å². The third-order valence-corrected chi connectivity index (χ3v) is 4.48. The van der Waals surface area contributed by atoms with Crippen LogP contribution in [0.5, 0.6) is 5.75 Å². The van der Waals surface area contributed by atoms with Crippen molar-refractivity contribution in [2.45, 2.75) is 38.7 Å². The smallest absolute Gasteiger partial charge is 0.347 e. The molecular formula is C22H26N2O4. The molecule has 2 aromatic carbocycles. The number of ether oxygens (including phenoxy) is 1. The van der Waals surface area contributed by atoms with Gasteiger partial charge in [-0.05, 0) is 63.1 Å². The van der Waals surface area contributed by atoms with Crippen LogP contribution < -0.4 is 10.1 Å². The summed E-state index contributed by atoms with van der Waals surface area (Å²) in [6.07, 6.45) is 2.72. The largest absolute Gasteiger partial charge is 0.478 e. The van der Waals surface area contributed by atoms with E-state index in [0.717, 1.165) is 49.3 Å². The zero-order valence-corrected chi connectivity index (χ0v) is 16.3. The monoisotopic (exact) mass is 382 g/mol. The van der Waals surface area contributed by atoms with Crippen LogP contribution in [0, 0.1) is 0 Å². The molecular weight excluding hydrogens is 356 g/mol. The van der Waals surface area contributed by atoms with Gasteiger partial charge in [0, 0.05) is 13.0 Å². The van der Waals surface area contributed by atoms with Crippen LogP contribution in [0.25, 0.3) is 11.1 Å². The van der Waals surface area contributed by atoms with Crippen molar-refractivity contribution in [3.8, 4) is 5.75 Å². The molecule has 0 unspecified atom stereocenters. The van der Waals surface area contributed by atoms with Crippen LogP contribution in [0.2, 0.25) is 0 Å². The van der Waals surface area contributed by atoms with Crippen LogP contribution in [0.1, 0.15) is 31.7 Å². The van der Waals surface area contributed by atoms with Crippen molar-refractivity contribution in [2.24, 2.45) is 0 Å². The number of hydrogen-bond acceptors (Lipinski definition) is 5. The Hall–Kier alpha value is -2.86. The number of nitrogens with zero attached hydrogens (tertiary/aromatic N) is 1. The molecule has 0 bridgehead atoms. The molecule has 0 radical (unpaired) electrons. The fourth-order valence-corrected chi connectivity index (χ4v) is 2.83. The molecule has 0 fully saturated rings. The number of oxazole rings is 1. The van der Waals surface area contributed by atoms with E-state index in [2.05, 4.69) is 10.3 Å². The number of carboxylic acid groups (broad SMARTS) is 1. The Morgan fingerprint density at radius 2 is 1.86 bits per heavy atom. The number of fused-ring (bicyclic) bond motifs is 1. The Morgan fingerprint density at radius 1 is 1.11 bits per heavy atom. The number of aromatic nitrogens is 1. The van der Waals surface area contributed by atoms with Gasteiger partial charge in [0.1, 0.15) is 11.3 Å². The van der Waals surface area contributed by atoms with Crippen molar-refractivity contribution < 1.29 is 19.1 Å². The zero-order valence-electron chi connectivity index (χ0n) is 16.3. The van der Waals surface area contributed by atoms with Gasteiger partial charge in [-0.3, -0.25) is 0 Å². The van der Waals surface area contributed by atoms with Crippen molar-refractivity contribution in [1.29, 1.82) is 0 Å². The second-order valence-corrected chi connectivity index (χ2v) is 7.24. The van der Waals surface area contributed by atoms with E-state index < -0.39 is 11.6 Å². The lowest BCUT2D eigenvalue weighted by Gasteiger charge is -2.21. The predicted molar refractivity (Wildman–Crippen MR) is 108 cm³/mol. The third-order valence-electron chi connectivity index (χ3n) is 4.48. The standard InChI is InChI=1S/C22H26N2O4/c1-22(2,21(25)26)28-17-11-9-16(10-12-17)6-5-14-23-15-13-20-24-18-7-3-4-8-19(18)27-20/h3-4,7-12,23H,5-6,13-15H2,1-2H3,(H,25,26). The summed E-state index contributed by atoms with van der Waals surface area (Å²) in [4.78, 5) is 15.6. The van der Waals surface area contributed by atoms with Crippen molar-refractivity contribution in [2.75, 3.05) is 13.1 Å². The molecule has 6 heteroatoms. The van der Waals surface area contributed by atoms with E-state index >= 15 is 0 Å². The van der Waals surface area contributed by atoms with Gasteiger partial charge in [0.05, 0.1) is 0 Å². The van der Waals surface area contributed by atoms with E-state index in [-0.39, 0.29) is 0 Å². The maximum atomic E-state index is 11.1. The Balaban J connectivity index is 1.35. The molecule has 0 aliphatic rings. The minimum absolute atomic E-state index is 0.563. The van der Waals surface area contributed by atoms with Gasteiger partial charge >= 0.3 is 5.97 Å². The maximum Gasteiger partial charge on any atom is 0.347 e. The molecule has 148 valence electrons. The van der Waals surface area contributed by atoms with Gasteiger partial charge in [0.15, 0.2) is 17.1 Å². The summed E-state index contributed by atoms with van der Waals surface area (Å²) in [5, 5.41) is 12.5. The third kappa shape index (κ3) is 5.33. The summed E-state index contributed by atoms with van der Waals surface area (Å²) in [6.45, 7) is 4.81. The summed E-state index contributed by atoms with van der Waals surface area (Å²) in [6, 6.07) is 15.4. The lowest BCUT2D eigenvalue weighted by Crippen LogP contribution is -2.37. The first-order chi connectivity index (χ1) is 13.4. The fraction of sp³-hybridized carbons (Fsp3) is 0.364. The highest BCUT2D eigenvalue weighted by atomic mass is 16.5. The molecule has 3 rings (SSSR count). The van der Waals surface area contributed by atoms with Gasteiger partial charge in [-0.15, -0.1) is 0 Å². The van der Waals surface area contributed by atoms with E-state index in [9.17, 15) is 4.79 Å². The molecule has 0 aliphatic heterocycles. The van der Waals surface area contributed by atoms with Crippen LogP contribution in [0.15, 0.2) is 52.9 Å². The molecule has 0 aliphatic carbocycles. The highest BCUT2D eigenvalue weighted by molar-refractivity contribution is 5.76. The first-order valence-corrected chi connectivity index (χ1v) is 9.50. The van der Waals surface area contributed by atoms with Crippen LogP contribution in [0.3, 0.4) is 0 Å². The predicted octanol–water partition coefficient (Wildman–Crippen LogP) is 3.83. The van der Waals surface area contributed by atoms with Gasteiger partial charge in [-0.1, -0.05) is 24.3 Å². The molecule has 3 aromatic rings. The number of nitrogens with one attached hydrogen (secondary N) is 1. The minimum atomic E-state index is -1.24. The molecule has 0 saturated heterocycles. The Labute approximate surface area is 164 Å². The molecule has 2 N–H and O–H groups in total. The number of carboxylic acids is 1. The van der Waals surface area contributed by atoms with Gasteiger partial charge in [-0.25, -0.2) is 9.78 Å². The lowest BCUT2D eigenvalue weighted by atomic mass is 10.1. The van der Waals surface area contributed by atoms with Crippen LogP contribution >= 0.6 is 0 Å². The van der Waals surface area contributed by atoms with E-state index in [1.165, 1.54) is 19.4 Å². The maximum absolute atomic E-state index is 11.1. The highest BCUT2D eigenvalue weighted by Gasteiger charge is 2.29. The minimum Gasteiger partial charge on any atom is -0.478 e. The van der Waals surface area contributed by atoms with E-state index in [0.29, 0.717) is 5.75 Å². The summed E-state index contributed by atoms with van der Waals surface area (Å²) in [5.41, 5.74) is 1.69. The average molecular weight is 382 g/mol. The summed E-state index contributed by atoms with van der Waals surface area (Å²) >= 11 is 0. The number of hydrogen-bond donors (Lipinski definition) is 2. The van der Waals surface area contributed by atoms with Crippen LogP contribution in [-0.4, -0.2) is 34.8 Å². The van der Waals surface area contributed by atoms with Crippen molar-refractivity contribution in [1.82, 2.24) is 10.3 Å². The van der Waals surface area contributed by atoms with Crippen LogP contribution in [0.4, 0.5) is 0 Å². The number of para-hydroxylation sites is 2. The van der Waals surface area contributed by atoms with Crippen LogP contribution in [-0.2, 0) is 17.6 Å². The number of aryl methyl sites for hydroxylation is 1. The quantitative estimate of drug-likeness (QED) is 0.518. The van der Waals surface area contributed by atoms with E-state index in [1.807, 2.05) is 48.5 Å². The Kier molecular flexibility index (Phi) is 6.31. The zero-order chi connectivity index (χ0) is 20.0. The van der Waals surface area contributed by atoms with Crippen molar-refractivity contribution in [3.05, 3.63) is 60.0 Å². The van der Waals surface area contributed by atoms with Crippen molar-refractivity contribution >= 4 is 17.1 Å². The molecule has 0 atom stereocenters. The first kappa shape index (κ1) is 19.9. The number of aliphatic carboxylic acids is 1. The normalized spacial score (nSPS) is 11.6. The van der Waals surface area contributed by atoms with E-state index in [4.69, 9.17) is 14.3 Å². The Morgan fingerprint density at radius 3 is 2.57 bits per heavy atom. The van der Waals surface area contributed by atoms with Gasteiger partial charge in [-0.2, -0.15) is 0 Å². The summed E-state index contributed by atoms with van der Waals surface area (Å²) in [7, 11) is 0. The molecule has 6 nitrogen and oxygen atoms in total. The number of benzene rings is 2.